The predicted octanol–water partition coefficient (Wildman–Crippen LogP) is 3.76. The van der Waals surface area contributed by atoms with Gasteiger partial charge in [0.15, 0.2) is 0 Å². The van der Waals surface area contributed by atoms with Crippen LogP contribution in [-0.2, 0) is 4.79 Å². The first-order chi connectivity index (χ1) is 11.8. The fourth-order valence-electron chi connectivity index (χ4n) is 2.23. The van der Waals surface area contributed by atoms with Gasteiger partial charge >= 0.3 is 0 Å². The number of aryl methyl sites for hydroxylation is 2. The van der Waals surface area contributed by atoms with Crippen molar-refractivity contribution in [2.45, 2.75) is 31.2 Å². The maximum atomic E-state index is 13.8. The molecule has 0 saturated carbocycles. The Bertz CT molecular complexity index is 961. The number of benzene rings is 1. The molecule has 3 aromatic rings. The van der Waals surface area contributed by atoms with Gasteiger partial charge in [-0.3, -0.25) is 4.79 Å². The molecule has 2 heterocycles. The van der Waals surface area contributed by atoms with E-state index in [0.717, 1.165) is 11.4 Å². The van der Waals surface area contributed by atoms with E-state index in [9.17, 15) is 9.18 Å². The highest BCUT2D eigenvalue weighted by molar-refractivity contribution is 9.10. The molecule has 0 spiro atoms. The van der Waals surface area contributed by atoms with E-state index in [4.69, 9.17) is 0 Å². The van der Waals surface area contributed by atoms with Gasteiger partial charge in [-0.25, -0.2) is 13.9 Å². The van der Waals surface area contributed by atoms with Gasteiger partial charge in [0.25, 0.3) is 5.78 Å². The summed E-state index contributed by atoms with van der Waals surface area (Å²) in [5, 5.41) is 6.88. The standard InChI is InChI=1S/C16H15BrFN5OS/c1-8-6-9(2)23-15(19-8)21-16(22-23)25-10(3)14(24)20-13-5-4-11(17)7-12(13)18/h4-7,10H,1-3H3,(H,20,24). The summed E-state index contributed by atoms with van der Waals surface area (Å²) in [5.74, 6) is -0.335. The fourth-order valence-corrected chi connectivity index (χ4v) is 3.31. The van der Waals surface area contributed by atoms with Crippen LogP contribution in [0.1, 0.15) is 18.3 Å². The van der Waals surface area contributed by atoms with Crippen molar-refractivity contribution in [2.24, 2.45) is 0 Å². The highest BCUT2D eigenvalue weighted by atomic mass is 79.9. The number of nitrogens with one attached hydrogen (secondary N) is 1. The molecule has 6 nitrogen and oxygen atoms in total. The molecule has 1 aromatic carbocycles. The normalized spacial score (nSPS) is 12.4. The minimum Gasteiger partial charge on any atom is -0.323 e. The van der Waals surface area contributed by atoms with Crippen molar-refractivity contribution < 1.29 is 9.18 Å². The molecule has 0 aliphatic rings. The lowest BCUT2D eigenvalue weighted by molar-refractivity contribution is -0.115. The topological polar surface area (TPSA) is 72.2 Å². The summed E-state index contributed by atoms with van der Waals surface area (Å²) < 4.78 is 16.1. The van der Waals surface area contributed by atoms with Gasteiger partial charge in [-0.1, -0.05) is 27.7 Å². The van der Waals surface area contributed by atoms with Crippen molar-refractivity contribution in [3.8, 4) is 0 Å². The summed E-state index contributed by atoms with van der Waals surface area (Å²) in [6, 6.07) is 6.38. The van der Waals surface area contributed by atoms with Crippen LogP contribution in [0, 0.1) is 19.7 Å². The molecule has 1 amide bonds. The molecule has 9 heteroatoms. The lowest BCUT2D eigenvalue weighted by atomic mass is 10.3. The zero-order valence-electron chi connectivity index (χ0n) is 13.7. The Balaban J connectivity index is 1.74. The molecule has 0 aliphatic carbocycles. The summed E-state index contributed by atoms with van der Waals surface area (Å²) in [5.41, 5.74) is 1.90. The minimum atomic E-state index is -0.499. The summed E-state index contributed by atoms with van der Waals surface area (Å²) in [4.78, 5) is 21.0. The van der Waals surface area contributed by atoms with Gasteiger partial charge in [0.1, 0.15) is 5.82 Å². The lowest BCUT2D eigenvalue weighted by Crippen LogP contribution is -2.23. The third-order valence-corrected chi connectivity index (χ3v) is 4.88. The van der Waals surface area contributed by atoms with E-state index in [1.165, 1.54) is 23.9 Å². The molecule has 0 saturated heterocycles. The van der Waals surface area contributed by atoms with Gasteiger partial charge in [-0.15, -0.1) is 5.10 Å². The highest BCUT2D eigenvalue weighted by Gasteiger charge is 2.19. The van der Waals surface area contributed by atoms with Gasteiger partial charge in [0, 0.05) is 15.9 Å². The smallest absolute Gasteiger partial charge is 0.253 e. The molecule has 0 bridgehead atoms. The van der Waals surface area contributed by atoms with Crippen LogP contribution in [0.25, 0.3) is 5.78 Å². The average molecular weight is 424 g/mol. The zero-order chi connectivity index (χ0) is 18.1. The number of fused-ring (bicyclic) bond motifs is 1. The van der Waals surface area contributed by atoms with Crippen LogP contribution in [0.4, 0.5) is 10.1 Å². The third-order valence-electron chi connectivity index (χ3n) is 3.44. The number of halogens is 2. The predicted molar refractivity (Wildman–Crippen MR) is 98.3 cm³/mol. The van der Waals surface area contributed by atoms with Crippen LogP contribution in [0.5, 0.6) is 0 Å². The van der Waals surface area contributed by atoms with Gasteiger partial charge in [0.05, 0.1) is 10.9 Å². The SMILES string of the molecule is Cc1cc(C)n2nc(SC(C)C(=O)Nc3ccc(Br)cc3F)nc2n1. The maximum Gasteiger partial charge on any atom is 0.253 e. The van der Waals surface area contributed by atoms with Gasteiger partial charge < -0.3 is 5.32 Å². The Labute approximate surface area is 156 Å². The quantitative estimate of drug-likeness (QED) is 0.646. The van der Waals surface area contributed by atoms with Crippen molar-refractivity contribution in [1.29, 1.82) is 0 Å². The second-order valence-corrected chi connectivity index (χ2v) is 7.74. The monoisotopic (exact) mass is 423 g/mol. The van der Waals surface area contributed by atoms with Crippen molar-refractivity contribution in [3.05, 3.63) is 45.9 Å². The van der Waals surface area contributed by atoms with E-state index < -0.39 is 11.1 Å². The molecule has 25 heavy (non-hydrogen) atoms. The molecular weight excluding hydrogens is 409 g/mol. The van der Waals surface area contributed by atoms with E-state index in [2.05, 4.69) is 36.3 Å². The first-order valence-corrected chi connectivity index (χ1v) is 9.14. The van der Waals surface area contributed by atoms with Crippen molar-refractivity contribution in [2.75, 3.05) is 5.32 Å². The van der Waals surface area contributed by atoms with E-state index in [1.54, 1.807) is 17.5 Å². The van der Waals surface area contributed by atoms with E-state index >= 15 is 0 Å². The fraction of sp³-hybridized carbons (Fsp3) is 0.250. The Morgan fingerprint density at radius 2 is 2.08 bits per heavy atom. The largest absolute Gasteiger partial charge is 0.323 e. The molecule has 2 aromatic heterocycles. The summed E-state index contributed by atoms with van der Waals surface area (Å²) in [7, 11) is 0. The number of aromatic nitrogens is 4. The molecule has 1 unspecified atom stereocenters. The van der Waals surface area contributed by atoms with Crippen LogP contribution in [0.15, 0.2) is 33.9 Å². The van der Waals surface area contributed by atoms with Crippen LogP contribution >= 0.6 is 27.7 Å². The lowest BCUT2D eigenvalue weighted by Gasteiger charge is -2.10. The number of nitrogens with zero attached hydrogens (tertiary/aromatic N) is 4. The molecular formula is C16H15BrFN5OS. The molecule has 130 valence electrons. The maximum absolute atomic E-state index is 13.8. The Kier molecular flexibility index (Phi) is 5.05. The van der Waals surface area contributed by atoms with Crippen molar-refractivity contribution >= 4 is 45.1 Å². The first kappa shape index (κ1) is 17.8. The van der Waals surface area contributed by atoms with E-state index in [1.807, 2.05) is 19.9 Å². The van der Waals surface area contributed by atoms with Crippen LogP contribution in [0.3, 0.4) is 0 Å². The summed E-state index contributed by atoms with van der Waals surface area (Å²) in [6.07, 6.45) is 0. The molecule has 3 rings (SSSR count). The van der Waals surface area contributed by atoms with Gasteiger partial charge in [-0.2, -0.15) is 4.98 Å². The highest BCUT2D eigenvalue weighted by Crippen LogP contribution is 2.24. The Morgan fingerprint density at radius 1 is 1.32 bits per heavy atom. The van der Waals surface area contributed by atoms with E-state index in [0.29, 0.717) is 15.4 Å². The van der Waals surface area contributed by atoms with Crippen LogP contribution in [-0.4, -0.2) is 30.7 Å². The zero-order valence-corrected chi connectivity index (χ0v) is 16.2. The minimum absolute atomic E-state index is 0.136. The molecule has 0 aliphatic heterocycles. The number of carbonyl (C=O) groups is 1. The first-order valence-electron chi connectivity index (χ1n) is 7.47. The number of rotatable bonds is 4. The van der Waals surface area contributed by atoms with E-state index in [-0.39, 0.29) is 11.6 Å². The van der Waals surface area contributed by atoms with Crippen molar-refractivity contribution in [3.63, 3.8) is 0 Å². The number of amides is 1. The van der Waals surface area contributed by atoms with Crippen LogP contribution < -0.4 is 5.32 Å². The molecule has 0 fully saturated rings. The van der Waals surface area contributed by atoms with Crippen molar-refractivity contribution in [1.82, 2.24) is 19.6 Å². The number of hydrogen-bond acceptors (Lipinski definition) is 5. The average Bonchev–Trinajstić information content (AvgIpc) is 2.92. The van der Waals surface area contributed by atoms with Gasteiger partial charge in [0.2, 0.25) is 11.1 Å². The Morgan fingerprint density at radius 3 is 2.80 bits per heavy atom. The van der Waals surface area contributed by atoms with Gasteiger partial charge in [-0.05, 0) is 45.0 Å². The second-order valence-electron chi connectivity index (χ2n) is 5.52. The summed E-state index contributed by atoms with van der Waals surface area (Å²) in [6.45, 7) is 5.52. The number of anilines is 1. The Hall–Kier alpha value is -2.00. The molecule has 0 radical (unpaired) electrons. The number of hydrogen-bond donors (Lipinski definition) is 1. The van der Waals surface area contributed by atoms with Crippen LogP contribution in [0.2, 0.25) is 0 Å². The third kappa shape index (κ3) is 3.98. The second kappa shape index (κ2) is 7.09. The summed E-state index contributed by atoms with van der Waals surface area (Å²) >= 11 is 4.38. The number of carbonyl (C=O) groups excluding carboxylic acids is 1. The molecule has 1 N–H and O–H groups in total. The molecule has 1 atom stereocenters. The number of thioether (sulfide) groups is 1.